The van der Waals surface area contributed by atoms with Gasteiger partial charge in [-0.25, -0.2) is 15.0 Å². The van der Waals surface area contributed by atoms with Crippen molar-refractivity contribution in [2.75, 3.05) is 5.32 Å². The monoisotopic (exact) mass is 348 g/mol. The van der Waals surface area contributed by atoms with Crippen molar-refractivity contribution in [3.05, 3.63) is 42.9 Å². The van der Waals surface area contributed by atoms with Gasteiger partial charge in [0.05, 0.1) is 11.7 Å². The average Bonchev–Trinajstić information content (AvgIpc) is 3.12. The zero-order chi connectivity index (χ0) is 18.1. The Hall–Kier alpha value is -3.62. The topological polar surface area (TPSA) is 124 Å². The highest BCUT2D eigenvalue weighted by molar-refractivity contribution is 5.93. The SMILES string of the molecule is CCC(Nc1nc2ccccc2c2nc(-c3cnccn3)nn12)C(N)=O. The molecule has 0 aliphatic heterocycles. The summed E-state index contributed by atoms with van der Waals surface area (Å²) in [6, 6.07) is 7.04. The molecule has 0 radical (unpaired) electrons. The molecule has 0 saturated carbocycles. The molecule has 0 bridgehead atoms. The minimum Gasteiger partial charge on any atom is -0.368 e. The van der Waals surface area contributed by atoms with Gasteiger partial charge in [0.15, 0.2) is 5.65 Å². The molecule has 0 spiro atoms. The minimum atomic E-state index is -0.559. The van der Waals surface area contributed by atoms with E-state index in [1.54, 1.807) is 23.1 Å². The first kappa shape index (κ1) is 15.9. The molecule has 1 amide bonds. The average molecular weight is 348 g/mol. The summed E-state index contributed by atoms with van der Waals surface area (Å²) in [5.74, 6) is 0.364. The van der Waals surface area contributed by atoms with Gasteiger partial charge in [0, 0.05) is 17.8 Å². The molecule has 3 N–H and O–H groups in total. The van der Waals surface area contributed by atoms with Crippen LogP contribution in [0.4, 0.5) is 5.95 Å². The Labute approximate surface area is 148 Å². The van der Waals surface area contributed by atoms with Gasteiger partial charge in [0.2, 0.25) is 17.7 Å². The molecule has 4 rings (SSSR count). The molecule has 9 heteroatoms. The van der Waals surface area contributed by atoms with E-state index in [-0.39, 0.29) is 0 Å². The standard InChI is InChI=1S/C17H16N8O/c1-2-11(14(18)26)21-17-22-12-6-4-3-5-10(12)16-23-15(24-25(16)17)13-9-19-7-8-20-13/h3-9,11H,2H2,1H3,(H2,18,26)(H,21,22). The first-order valence-corrected chi connectivity index (χ1v) is 8.15. The summed E-state index contributed by atoms with van der Waals surface area (Å²) in [5, 5.41) is 8.41. The summed E-state index contributed by atoms with van der Waals surface area (Å²) in [6.07, 6.45) is 5.28. The van der Waals surface area contributed by atoms with Crippen LogP contribution in [-0.2, 0) is 4.79 Å². The molecule has 1 atom stereocenters. The van der Waals surface area contributed by atoms with E-state index in [9.17, 15) is 4.79 Å². The summed E-state index contributed by atoms with van der Waals surface area (Å²) in [7, 11) is 0. The number of carbonyl (C=O) groups excluding carboxylic acids is 1. The number of aromatic nitrogens is 6. The van der Waals surface area contributed by atoms with E-state index in [0.717, 1.165) is 10.9 Å². The highest BCUT2D eigenvalue weighted by Crippen LogP contribution is 2.23. The summed E-state index contributed by atoms with van der Waals surface area (Å²) < 4.78 is 1.57. The molecule has 0 fully saturated rings. The van der Waals surface area contributed by atoms with Crippen LogP contribution < -0.4 is 11.1 Å². The number of carbonyl (C=O) groups is 1. The van der Waals surface area contributed by atoms with Gasteiger partial charge in [0.25, 0.3) is 0 Å². The maximum absolute atomic E-state index is 11.6. The summed E-state index contributed by atoms with van der Waals surface area (Å²) >= 11 is 0. The van der Waals surface area contributed by atoms with E-state index in [4.69, 9.17) is 5.73 Å². The van der Waals surface area contributed by atoms with Crippen LogP contribution in [0.25, 0.3) is 28.1 Å². The van der Waals surface area contributed by atoms with Crippen LogP contribution >= 0.6 is 0 Å². The molecule has 0 aliphatic carbocycles. The quantitative estimate of drug-likeness (QED) is 0.559. The molecule has 3 aromatic heterocycles. The number of amides is 1. The Kier molecular flexibility index (Phi) is 3.88. The fourth-order valence-corrected chi connectivity index (χ4v) is 2.70. The van der Waals surface area contributed by atoms with Crippen LogP contribution in [0.1, 0.15) is 13.3 Å². The van der Waals surface area contributed by atoms with E-state index >= 15 is 0 Å². The first-order valence-electron chi connectivity index (χ1n) is 8.15. The van der Waals surface area contributed by atoms with Crippen LogP contribution in [0, 0.1) is 0 Å². The van der Waals surface area contributed by atoms with Gasteiger partial charge in [-0.05, 0) is 18.6 Å². The number of nitrogens with one attached hydrogen (secondary N) is 1. The van der Waals surface area contributed by atoms with Crippen LogP contribution in [0.15, 0.2) is 42.9 Å². The normalized spacial score (nSPS) is 12.3. The third kappa shape index (κ3) is 2.69. The molecule has 130 valence electrons. The fraction of sp³-hybridized carbons (Fsp3) is 0.176. The molecule has 0 saturated heterocycles. The number of anilines is 1. The smallest absolute Gasteiger partial charge is 0.239 e. The lowest BCUT2D eigenvalue weighted by atomic mass is 10.2. The predicted octanol–water partition coefficient (Wildman–Crippen LogP) is 1.41. The molecule has 3 heterocycles. The summed E-state index contributed by atoms with van der Waals surface area (Å²) in [4.78, 5) is 29.1. The van der Waals surface area contributed by atoms with Crippen molar-refractivity contribution in [1.82, 2.24) is 29.5 Å². The number of benzene rings is 1. The Morgan fingerprint density at radius 3 is 2.85 bits per heavy atom. The minimum absolute atomic E-state index is 0.395. The molecular weight excluding hydrogens is 332 g/mol. The first-order chi connectivity index (χ1) is 12.7. The van der Waals surface area contributed by atoms with E-state index in [2.05, 4.69) is 30.4 Å². The van der Waals surface area contributed by atoms with Crippen molar-refractivity contribution in [3.63, 3.8) is 0 Å². The number of hydrogen-bond donors (Lipinski definition) is 2. The highest BCUT2D eigenvalue weighted by atomic mass is 16.1. The van der Waals surface area contributed by atoms with Crippen molar-refractivity contribution >= 4 is 28.4 Å². The van der Waals surface area contributed by atoms with Crippen LogP contribution in [-0.4, -0.2) is 41.5 Å². The summed E-state index contributed by atoms with van der Waals surface area (Å²) in [6.45, 7) is 1.87. The largest absolute Gasteiger partial charge is 0.368 e. The Morgan fingerprint density at radius 2 is 2.12 bits per heavy atom. The number of primary amides is 1. The second-order valence-corrected chi connectivity index (χ2v) is 5.72. The molecular formula is C17H16N8O. The number of hydrogen-bond acceptors (Lipinski definition) is 7. The van der Waals surface area contributed by atoms with Gasteiger partial charge >= 0.3 is 0 Å². The lowest BCUT2D eigenvalue weighted by molar-refractivity contribution is -0.118. The van der Waals surface area contributed by atoms with Crippen molar-refractivity contribution in [3.8, 4) is 11.5 Å². The maximum atomic E-state index is 11.6. The Bertz CT molecular complexity index is 1090. The number of para-hydroxylation sites is 1. The number of fused-ring (bicyclic) bond motifs is 3. The highest BCUT2D eigenvalue weighted by Gasteiger charge is 2.19. The molecule has 4 aromatic rings. The Morgan fingerprint density at radius 1 is 1.27 bits per heavy atom. The van der Waals surface area contributed by atoms with Crippen molar-refractivity contribution in [2.45, 2.75) is 19.4 Å². The number of rotatable bonds is 5. The third-order valence-electron chi connectivity index (χ3n) is 4.03. The zero-order valence-corrected chi connectivity index (χ0v) is 14.0. The number of nitrogens with two attached hydrogens (primary N) is 1. The van der Waals surface area contributed by atoms with E-state index in [0.29, 0.717) is 29.5 Å². The van der Waals surface area contributed by atoms with Gasteiger partial charge in [-0.1, -0.05) is 19.1 Å². The fourth-order valence-electron chi connectivity index (χ4n) is 2.70. The van der Waals surface area contributed by atoms with Crippen LogP contribution in [0.2, 0.25) is 0 Å². The van der Waals surface area contributed by atoms with E-state index < -0.39 is 11.9 Å². The van der Waals surface area contributed by atoms with Gasteiger partial charge in [-0.15, -0.1) is 5.10 Å². The predicted molar refractivity (Wildman–Crippen MR) is 96.2 cm³/mol. The number of nitrogens with zero attached hydrogens (tertiary/aromatic N) is 6. The molecule has 1 aromatic carbocycles. The van der Waals surface area contributed by atoms with Crippen LogP contribution in [0.5, 0.6) is 0 Å². The zero-order valence-electron chi connectivity index (χ0n) is 14.0. The van der Waals surface area contributed by atoms with Gasteiger partial charge in [-0.2, -0.15) is 4.52 Å². The van der Waals surface area contributed by atoms with Gasteiger partial charge in [-0.3, -0.25) is 9.78 Å². The molecule has 0 aliphatic rings. The van der Waals surface area contributed by atoms with E-state index in [1.165, 1.54) is 0 Å². The molecule has 26 heavy (non-hydrogen) atoms. The summed E-state index contributed by atoms with van der Waals surface area (Å²) in [5.41, 5.74) is 7.35. The molecule has 1 unspecified atom stereocenters. The van der Waals surface area contributed by atoms with Crippen molar-refractivity contribution in [1.29, 1.82) is 0 Å². The van der Waals surface area contributed by atoms with Gasteiger partial charge < -0.3 is 11.1 Å². The van der Waals surface area contributed by atoms with Crippen molar-refractivity contribution in [2.24, 2.45) is 5.73 Å². The maximum Gasteiger partial charge on any atom is 0.239 e. The van der Waals surface area contributed by atoms with E-state index in [1.807, 2.05) is 31.2 Å². The Balaban J connectivity index is 1.94. The van der Waals surface area contributed by atoms with Gasteiger partial charge in [0.1, 0.15) is 11.7 Å². The second kappa shape index (κ2) is 6.36. The molecule has 9 nitrogen and oxygen atoms in total. The lowest BCUT2D eigenvalue weighted by Gasteiger charge is -2.15. The second-order valence-electron chi connectivity index (χ2n) is 5.72. The van der Waals surface area contributed by atoms with Crippen molar-refractivity contribution < 1.29 is 4.79 Å². The third-order valence-corrected chi connectivity index (χ3v) is 4.03. The van der Waals surface area contributed by atoms with Crippen LogP contribution in [0.3, 0.4) is 0 Å². The lowest BCUT2D eigenvalue weighted by Crippen LogP contribution is -2.35.